The van der Waals surface area contributed by atoms with Gasteiger partial charge in [0.05, 0.1) is 5.56 Å². The van der Waals surface area contributed by atoms with E-state index in [4.69, 9.17) is 11.8 Å². The van der Waals surface area contributed by atoms with Crippen LogP contribution in [0.1, 0.15) is 42.2 Å². The molecular formula is C15H8ClNO3. The summed E-state index contributed by atoms with van der Waals surface area (Å²) < 4.78 is 0. The third-order valence-corrected chi connectivity index (χ3v) is 3.45. The molecule has 4 nitrogen and oxygen atoms in total. The van der Waals surface area contributed by atoms with E-state index < -0.39 is 5.91 Å². The van der Waals surface area contributed by atoms with Crippen LogP contribution in [0.4, 0.5) is 0 Å². The van der Waals surface area contributed by atoms with E-state index in [2.05, 4.69) is 0 Å². The van der Waals surface area contributed by atoms with E-state index in [1.807, 2.05) is 4.84 Å². The molecule has 0 unspecified atom stereocenters. The van der Waals surface area contributed by atoms with Gasteiger partial charge in [-0.2, -0.15) is 0 Å². The molecule has 1 aliphatic carbocycles. The summed E-state index contributed by atoms with van der Waals surface area (Å²) in [6, 6.07) is 11.1. The van der Waals surface area contributed by atoms with Crippen molar-refractivity contribution in [2.45, 2.75) is 0 Å². The van der Waals surface area contributed by atoms with E-state index in [1.165, 1.54) is 12.1 Å². The van der Waals surface area contributed by atoms with Gasteiger partial charge in [-0.15, -0.1) is 0 Å². The van der Waals surface area contributed by atoms with Crippen molar-refractivity contribution in [1.29, 1.82) is 0 Å². The van der Waals surface area contributed by atoms with Gasteiger partial charge < -0.3 is 0 Å². The van der Waals surface area contributed by atoms with Gasteiger partial charge in [-0.05, 0) is 6.07 Å². The van der Waals surface area contributed by atoms with Crippen molar-refractivity contribution in [2.75, 3.05) is 0 Å². The molecule has 1 N–H and O–H groups in total. The van der Waals surface area contributed by atoms with Crippen molar-refractivity contribution >= 4 is 29.3 Å². The predicted octanol–water partition coefficient (Wildman–Crippen LogP) is 2.35. The number of halogens is 1. The summed E-state index contributed by atoms with van der Waals surface area (Å²) in [5.41, 5.74) is 1.10. The molecule has 5 heteroatoms. The fourth-order valence-electron chi connectivity index (χ4n) is 2.39. The standard InChI is InChI=1S/C15H8ClNO3/c16-17-15(20)11-7-3-6-10-12(11)14(19)9-5-2-1-4-8(9)13(10)18/h1-7H,(H,17,20). The maximum atomic E-state index is 12.5. The lowest BCUT2D eigenvalue weighted by atomic mass is 9.82. The zero-order chi connectivity index (χ0) is 14.3. The molecular weight excluding hydrogens is 278 g/mol. The van der Waals surface area contributed by atoms with Gasteiger partial charge in [-0.3, -0.25) is 19.2 Å². The highest BCUT2D eigenvalue weighted by atomic mass is 35.5. The zero-order valence-electron chi connectivity index (χ0n) is 10.1. The number of nitrogens with one attached hydrogen (secondary N) is 1. The van der Waals surface area contributed by atoms with E-state index in [-0.39, 0.29) is 28.3 Å². The van der Waals surface area contributed by atoms with Crippen LogP contribution in [0.5, 0.6) is 0 Å². The maximum Gasteiger partial charge on any atom is 0.266 e. The van der Waals surface area contributed by atoms with Crippen molar-refractivity contribution in [1.82, 2.24) is 4.84 Å². The van der Waals surface area contributed by atoms with Gasteiger partial charge in [0.25, 0.3) is 5.91 Å². The molecule has 98 valence electrons. The first-order valence-electron chi connectivity index (χ1n) is 5.87. The van der Waals surface area contributed by atoms with Gasteiger partial charge in [0.15, 0.2) is 11.6 Å². The van der Waals surface area contributed by atoms with Crippen molar-refractivity contribution in [3.05, 3.63) is 70.3 Å². The number of benzene rings is 2. The minimum absolute atomic E-state index is 0.102. The maximum absolute atomic E-state index is 12.5. The molecule has 0 aromatic heterocycles. The first kappa shape index (κ1) is 12.6. The summed E-state index contributed by atoms with van der Waals surface area (Å²) in [4.78, 5) is 38.6. The Morgan fingerprint density at radius 3 is 2.10 bits per heavy atom. The highest BCUT2D eigenvalue weighted by molar-refractivity contribution is 6.32. The van der Waals surface area contributed by atoms with Crippen LogP contribution >= 0.6 is 11.8 Å². The second-order valence-corrected chi connectivity index (χ2v) is 4.54. The van der Waals surface area contributed by atoms with Crippen LogP contribution in [0.2, 0.25) is 0 Å². The molecule has 20 heavy (non-hydrogen) atoms. The SMILES string of the molecule is O=C(NCl)c1cccc2c1C(=O)c1ccccc1C2=O. The van der Waals surface area contributed by atoms with E-state index in [0.29, 0.717) is 11.1 Å². The normalized spacial score (nSPS) is 12.7. The van der Waals surface area contributed by atoms with E-state index in [0.717, 1.165) is 0 Å². The Bertz CT molecular complexity index is 767. The average molecular weight is 286 g/mol. The van der Waals surface area contributed by atoms with Crippen molar-refractivity contribution < 1.29 is 14.4 Å². The molecule has 2 aromatic rings. The minimum atomic E-state index is -0.607. The number of carbonyl (C=O) groups excluding carboxylic acids is 3. The Kier molecular flexibility index (Phi) is 2.88. The lowest BCUT2D eigenvalue weighted by Gasteiger charge is -2.19. The largest absolute Gasteiger partial charge is 0.289 e. The fraction of sp³-hybridized carbons (Fsp3) is 0. The molecule has 1 aliphatic rings. The number of rotatable bonds is 1. The van der Waals surface area contributed by atoms with Crippen LogP contribution in [0.25, 0.3) is 0 Å². The Morgan fingerprint density at radius 1 is 0.850 bits per heavy atom. The molecule has 3 rings (SSSR count). The van der Waals surface area contributed by atoms with Crippen LogP contribution in [0.3, 0.4) is 0 Å². The van der Waals surface area contributed by atoms with Crippen LogP contribution in [0.15, 0.2) is 42.5 Å². The molecule has 0 aliphatic heterocycles. The second-order valence-electron chi connectivity index (χ2n) is 4.36. The monoisotopic (exact) mass is 285 g/mol. The first-order chi connectivity index (χ1) is 9.65. The minimum Gasteiger partial charge on any atom is -0.289 e. The molecule has 1 amide bonds. The number of carbonyl (C=O) groups is 3. The van der Waals surface area contributed by atoms with Crippen LogP contribution in [-0.2, 0) is 0 Å². The lowest BCUT2D eigenvalue weighted by molar-refractivity contribution is 0.0956. The second kappa shape index (κ2) is 4.58. The van der Waals surface area contributed by atoms with Gasteiger partial charge in [0.2, 0.25) is 0 Å². The smallest absolute Gasteiger partial charge is 0.266 e. The predicted molar refractivity (Wildman–Crippen MR) is 73.1 cm³/mol. The van der Waals surface area contributed by atoms with Crippen LogP contribution in [-0.4, -0.2) is 17.5 Å². The van der Waals surface area contributed by atoms with E-state index in [1.54, 1.807) is 30.3 Å². The van der Waals surface area contributed by atoms with Crippen LogP contribution in [0, 0.1) is 0 Å². The topological polar surface area (TPSA) is 63.2 Å². The fourth-order valence-corrected chi connectivity index (χ4v) is 2.49. The molecule has 0 bridgehead atoms. The molecule has 2 aromatic carbocycles. The third-order valence-electron chi connectivity index (χ3n) is 3.28. The molecule has 0 fully saturated rings. The Hall–Kier alpha value is -2.46. The molecule has 0 saturated heterocycles. The number of fused-ring (bicyclic) bond motifs is 2. The van der Waals surface area contributed by atoms with Crippen molar-refractivity contribution in [3.63, 3.8) is 0 Å². The summed E-state index contributed by atoms with van der Waals surface area (Å²) in [7, 11) is 0. The van der Waals surface area contributed by atoms with Crippen LogP contribution < -0.4 is 4.84 Å². The third kappa shape index (κ3) is 1.66. The quantitative estimate of drug-likeness (QED) is 0.698. The Balaban J connectivity index is 2.31. The zero-order valence-corrected chi connectivity index (χ0v) is 10.9. The van der Waals surface area contributed by atoms with E-state index in [9.17, 15) is 14.4 Å². The van der Waals surface area contributed by atoms with Crippen molar-refractivity contribution in [3.8, 4) is 0 Å². The highest BCUT2D eigenvalue weighted by Crippen LogP contribution is 2.29. The van der Waals surface area contributed by atoms with Gasteiger partial charge in [-0.25, -0.2) is 0 Å². The van der Waals surface area contributed by atoms with Gasteiger partial charge in [-0.1, -0.05) is 36.4 Å². The summed E-state index contributed by atoms with van der Waals surface area (Å²) in [6.07, 6.45) is 0. The first-order valence-corrected chi connectivity index (χ1v) is 6.25. The Labute approximate surface area is 119 Å². The summed E-state index contributed by atoms with van der Waals surface area (Å²) in [6.45, 7) is 0. The summed E-state index contributed by atoms with van der Waals surface area (Å²) >= 11 is 5.32. The molecule has 0 atom stereocenters. The highest BCUT2D eigenvalue weighted by Gasteiger charge is 2.32. The Morgan fingerprint density at radius 2 is 1.45 bits per heavy atom. The number of hydrogen-bond donors (Lipinski definition) is 1. The molecule has 0 radical (unpaired) electrons. The molecule has 0 saturated carbocycles. The van der Waals surface area contributed by atoms with Gasteiger partial charge >= 0.3 is 0 Å². The van der Waals surface area contributed by atoms with Crippen molar-refractivity contribution in [2.24, 2.45) is 0 Å². The average Bonchev–Trinajstić information content (AvgIpc) is 2.51. The number of hydrogen-bond acceptors (Lipinski definition) is 3. The molecule has 0 spiro atoms. The number of amides is 1. The van der Waals surface area contributed by atoms with Gasteiger partial charge in [0.1, 0.15) is 0 Å². The van der Waals surface area contributed by atoms with Gasteiger partial charge in [0, 0.05) is 34.0 Å². The van der Waals surface area contributed by atoms with E-state index >= 15 is 0 Å². The molecule has 0 heterocycles. The number of ketones is 2. The summed E-state index contributed by atoms with van der Waals surface area (Å²) in [5.74, 6) is -1.21. The summed E-state index contributed by atoms with van der Waals surface area (Å²) in [5, 5.41) is 0. The lowest BCUT2D eigenvalue weighted by Crippen LogP contribution is -2.26.